The molecule has 0 heterocycles. The average molecular weight is 495 g/mol. The second-order valence-electron chi connectivity index (χ2n) is 5.78. The molecule has 7 nitrogen and oxygen atoms in total. The van der Waals surface area contributed by atoms with Crippen LogP contribution in [0, 0.1) is 3.57 Å². The summed E-state index contributed by atoms with van der Waals surface area (Å²) in [4.78, 5) is 38.1. The number of hydrogen-bond acceptors (Lipinski definition) is 5. The van der Waals surface area contributed by atoms with Crippen molar-refractivity contribution in [3.05, 3.63) is 63.2 Å². The standard InChI is InChI=1S/C20H22IN3O4/c1-3-24(4-2)15-11-9-14(10-12-15)19(26)23-22-18(25)13-28-20(27)16-7-5-6-8-17(16)21/h5-12H,3-4,13H2,1-2H3,(H,22,25)(H,23,26). The number of carbonyl (C=O) groups is 3. The van der Waals surface area contributed by atoms with E-state index in [1.807, 2.05) is 34.7 Å². The van der Waals surface area contributed by atoms with E-state index in [4.69, 9.17) is 4.74 Å². The summed E-state index contributed by atoms with van der Waals surface area (Å²) >= 11 is 2.01. The topological polar surface area (TPSA) is 87.7 Å². The van der Waals surface area contributed by atoms with E-state index in [1.165, 1.54) is 0 Å². The molecule has 148 valence electrons. The lowest BCUT2D eigenvalue weighted by molar-refractivity contribution is -0.125. The van der Waals surface area contributed by atoms with Crippen molar-refractivity contribution in [3.8, 4) is 0 Å². The van der Waals surface area contributed by atoms with Crippen molar-refractivity contribution >= 4 is 46.1 Å². The maximum absolute atomic E-state index is 12.1. The Morgan fingerprint density at radius 2 is 1.61 bits per heavy atom. The maximum Gasteiger partial charge on any atom is 0.339 e. The van der Waals surface area contributed by atoms with Crippen molar-refractivity contribution in [2.24, 2.45) is 0 Å². The monoisotopic (exact) mass is 495 g/mol. The van der Waals surface area contributed by atoms with Crippen LogP contribution >= 0.6 is 22.6 Å². The fraction of sp³-hybridized carbons (Fsp3) is 0.250. The number of halogens is 1. The molecule has 0 atom stereocenters. The molecule has 0 aliphatic heterocycles. The van der Waals surface area contributed by atoms with Crippen LogP contribution in [0.25, 0.3) is 0 Å². The number of anilines is 1. The van der Waals surface area contributed by atoms with Crippen LogP contribution in [0.5, 0.6) is 0 Å². The van der Waals surface area contributed by atoms with Gasteiger partial charge in [0.15, 0.2) is 6.61 Å². The molecule has 0 bridgehead atoms. The number of esters is 1. The number of amides is 2. The third kappa shape index (κ3) is 5.95. The van der Waals surface area contributed by atoms with Crippen LogP contribution in [-0.4, -0.2) is 37.5 Å². The van der Waals surface area contributed by atoms with Crippen LogP contribution in [0.3, 0.4) is 0 Å². The Hall–Kier alpha value is -2.62. The minimum atomic E-state index is -0.632. The van der Waals surface area contributed by atoms with Gasteiger partial charge in [-0.25, -0.2) is 4.79 Å². The SMILES string of the molecule is CCN(CC)c1ccc(C(=O)NNC(=O)COC(=O)c2ccccc2I)cc1. The summed E-state index contributed by atoms with van der Waals surface area (Å²) in [5.41, 5.74) is 6.35. The molecule has 0 radical (unpaired) electrons. The van der Waals surface area contributed by atoms with E-state index in [-0.39, 0.29) is 0 Å². The largest absolute Gasteiger partial charge is 0.452 e. The zero-order valence-corrected chi connectivity index (χ0v) is 17.9. The molecule has 0 aliphatic carbocycles. The predicted molar refractivity (Wildman–Crippen MR) is 115 cm³/mol. The molecule has 8 heteroatoms. The normalized spacial score (nSPS) is 10.1. The number of ether oxygens (including phenoxy) is 1. The van der Waals surface area contributed by atoms with Gasteiger partial charge in [-0.15, -0.1) is 0 Å². The van der Waals surface area contributed by atoms with Gasteiger partial charge >= 0.3 is 5.97 Å². The molecular formula is C20H22IN3O4. The first kappa shape index (κ1) is 21.7. The van der Waals surface area contributed by atoms with Gasteiger partial charge in [-0.05, 0) is 72.8 Å². The van der Waals surface area contributed by atoms with Crippen LogP contribution in [0.4, 0.5) is 5.69 Å². The van der Waals surface area contributed by atoms with Crippen LogP contribution < -0.4 is 15.8 Å². The molecule has 0 spiro atoms. The van der Waals surface area contributed by atoms with Crippen LogP contribution in [-0.2, 0) is 9.53 Å². The van der Waals surface area contributed by atoms with Gasteiger partial charge in [-0.2, -0.15) is 0 Å². The van der Waals surface area contributed by atoms with Gasteiger partial charge in [0.1, 0.15) is 0 Å². The van der Waals surface area contributed by atoms with Crippen LogP contribution in [0.15, 0.2) is 48.5 Å². The Morgan fingerprint density at radius 3 is 2.21 bits per heavy atom. The number of hydrazine groups is 1. The summed E-state index contributed by atoms with van der Waals surface area (Å²) in [6.07, 6.45) is 0. The number of carbonyl (C=O) groups excluding carboxylic acids is 3. The Balaban J connectivity index is 1.81. The lowest BCUT2D eigenvalue weighted by Gasteiger charge is -2.21. The molecule has 0 unspecified atom stereocenters. The number of hydrogen-bond donors (Lipinski definition) is 2. The molecule has 28 heavy (non-hydrogen) atoms. The van der Waals surface area contributed by atoms with Gasteiger partial charge in [0.2, 0.25) is 0 Å². The third-order valence-electron chi connectivity index (χ3n) is 4.00. The molecule has 0 aliphatic rings. The number of benzene rings is 2. The highest BCUT2D eigenvalue weighted by Crippen LogP contribution is 2.15. The molecule has 2 aromatic rings. The second kappa shape index (κ2) is 10.6. The fourth-order valence-electron chi connectivity index (χ4n) is 2.48. The van der Waals surface area contributed by atoms with E-state index < -0.39 is 24.4 Å². The van der Waals surface area contributed by atoms with Crippen molar-refractivity contribution in [2.45, 2.75) is 13.8 Å². The number of nitrogens with zero attached hydrogens (tertiary/aromatic N) is 1. The van der Waals surface area contributed by atoms with Gasteiger partial charge < -0.3 is 9.64 Å². The molecule has 2 N–H and O–H groups in total. The maximum atomic E-state index is 12.1. The molecule has 0 saturated carbocycles. The molecule has 2 amide bonds. The summed E-state index contributed by atoms with van der Waals surface area (Å²) in [6, 6.07) is 14.0. The van der Waals surface area contributed by atoms with Gasteiger partial charge in [-0.3, -0.25) is 20.4 Å². The minimum absolute atomic E-state index is 0.383. The number of rotatable bonds is 7. The zero-order valence-electron chi connectivity index (χ0n) is 15.7. The van der Waals surface area contributed by atoms with E-state index in [0.29, 0.717) is 11.1 Å². The quantitative estimate of drug-likeness (QED) is 0.351. The average Bonchev–Trinajstić information content (AvgIpc) is 2.72. The summed E-state index contributed by atoms with van der Waals surface area (Å²) in [5, 5.41) is 0. The summed E-state index contributed by atoms with van der Waals surface area (Å²) < 4.78 is 5.69. The Morgan fingerprint density at radius 1 is 0.964 bits per heavy atom. The number of nitrogens with one attached hydrogen (secondary N) is 2. The zero-order chi connectivity index (χ0) is 20.5. The summed E-state index contributed by atoms with van der Waals surface area (Å²) in [5.74, 6) is -1.69. The van der Waals surface area contributed by atoms with E-state index in [1.54, 1.807) is 36.4 Å². The van der Waals surface area contributed by atoms with E-state index >= 15 is 0 Å². The molecule has 0 fully saturated rings. The Bertz CT molecular complexity index is 836. The summed E-state index contributed by atoms with van der Waals surface area (Å²) in [7, 11) is 0. The predicted octanol–water partition coefficient (Wildman–Crippen LogP) is 2.76. The minimum Gasteiger partial charge on any atom is -0.452 e. The first-order valence-corrected chi connectivity index (χ1v) is 9.90. The van der Waals surface area contributed by atoms with Gasteiger partial charge in [0, 0.05) is 27.9 Å². The van der Waals surface area contributed by atoms with Gasteiger partial charge in [0.25, 0.3) is 11.8 Å². The van der Waals surface area contributed by atoms with Crippen molar-refractivity contribution in [1.29, 1.82) is 0 Å². The van der Waals surface area contributed by atoms with Crippen LogP contribution in [0.2, 0.25) is 0 Å². The first-order valence-electron chi connectivity index (χ1n) is 8.82. The highest BCUT2D eigenvalue weighted by atomic mass is 127. The smallest absolute Gasteiger partial charge is 0.339 e. The molecule has 2 aromatic carbocycles. The van der Waals surface area contributed by atoms with Crippen molar-refractivity contribution in [1.82, 2.24) is 10.9 Å². The van der Waals surface area contributed by atoms with Crippen molar-refractivity contribution in [3.63, 3.8) is 0 Å². The molecule has 2 rings (SSSR count). The highest BCUT2D eigenvalue weighted by molar-refractivity contribution is 14.1. The molecule has 0 aromatic heterocycles. The summed E-state index contributed by atoms with van der Waals surface area (Å²) in [6.45, 7) is 5.37. The Labute approximate surface area is 177 Å². The molecular weight excluding hydrogens is 473 g/mol. The third-order valence-corrected chi connectivity index (χ3v) is 4.94. The van der Waals surface area contributed by atoms with Gasteiger partial charge in [0.05, 0.1) is 5.56 Å². The van der Waals surface area contributed by atoms with Gasteiger partial charge in [-0.1, -0.05) is 12.1 Å². The Kier molecular flexibility index (Phi) is 8.24. The first-order chi connectivity index (χ1) is 13.5. The lowest BCUT2D eigenvalue weighted by Crippen LogP contribution is -2.43. The second-order valence-corrected chi connectivity index (χ2v) is 6.94. The van der Waals surface area contributed by atoms with E-state index in [0.717, 1.165) is 22.3 Å². The van der Waals surface area contributed by atoms with Crippen LogP contribution in [0.1, 0.15) is 34.6 Å². The van der Waals surface area contributed by atoms with E-state index in [2.05, 4.69) is 29.6 Å². The fourth-order valence-corrected chi connectivity index (χ4v) is 3.09. The van der Waals surface area contributed by atoms with Crippen molar-refractivity contribution < 1.29 is 19.1 Å². The highest BCUT2D eigenvalue weighted by Gasteiger charge is 2.14. The lowest BCUT2D eigenvalue weighted by atomic mass is 10.2. The van der Waals surface area contributed by atoms with E-state index in [9.17, 15) is 14.4 Å². The molecule has 0 saturated heterocycles. The van der Waals surface area contributed by atoms with Crippen molar-refractivity contribution in [2.75, 3.05) is 24.6 Å².